The number of hydrogen-bond acceptors (Lipinski definition) is 1. The Bertz CT molecular complexity index is 289. The second-order valence-electron chi connectivity index (χ2n) is 2.19. The van der Waals surface area contributed by atoms with Crippen LogP contribution >= 0.6 is 23.2 Å². The Kier molecular flexibility index (Phi) is 3.18. The first kappa shape index (κ1) is 9.62. The van der Waals surface area contributed by atoms with Gasteiger partial charge in [0.2, 0.25) is 0 Å². The molecule has 0 aliphatic carbocycles. The maximum absolute atomic E-state index is 12.9. The van der Waals surface area contributed by atoms with E-state index in [-0.39, 0.29) is 16.7 Å². The summed E-state index contributed by atoms with van der Waals surface area (Å²) in [4.78, 5) is 0. The second kappa shape index (κ2) is 3.97. The normalized spacial score (nSPS) is 10.0. The van der Waals surface area contributed by atoms with E-state index in [1.807, 2.05) is 0 Å². The Morgan fingerprint density at radius 3 is 2.67 bits per heavy atom. The third kappa shape index (κ3) is 1.65. The topological polar surface area (TPSA) is 9.23 Å². The van der Waals surface area contributed by atoms with Gasteiger partial charge in [0.1, 0.15) is 0 Å². The molecule has 12 heavy (non-hydrogen) atoms. The van der Waals surface area contributed by atoms with E-state index in [0.717, 1.165) is 0 Å². The number of hydrogen-bond donors (Lipinski definition) is 0. The molecule has 0 spiro atoms. The van der Waals surface area contributed by atoms with Crippen molar-refractivity contribution in [1.82, 2.24) is 0 Å². The molecule has 1 aromatic rings. The smallest absolute Gasteiger partial charge is 0.173 e. The zero-order valence-corrected chi connectivity index (χ0v) is 7.92. The molecule has 66 valence electrons. The first-order valence-electron chi connectivity index (χ1n) is 3.27. The molecular weight excluding hydrogens is 202 g/mol. The van der Waals surface area contributed by atoms with E-state index in [2.05, 4.69) is 0 Å². The highest BCUT2D eigenvalue weighted by Gasteiger charge is 2.10. The van der Waals surface area contributed by atoms with Crippen molar-refractivity contribution >= 4 is 23.2 Å². The van der Waals surface area contributed by atoms with Crippen LogP contribution in [0.15, 0.2) is 12.1 Å². The van der Waals surface area contributed by atoms with Gasteiger partial charge >= 0.3 is 0 Å². The predicted octanol–water partition coefficient (Wildman–Crippen LogP) is 3.23. The molecule has 1 rings (SSSR count). The van der Waals surface area contributed by atoms with Crippen LogP contribution < -0.4 is 4.74 Å². The van der Waals surface area contributed by atoms with Crippen molar-refractivity contribution in [2.24, 2.45) is 0 Å². The van der Waals surface area contributed by atoms with E-state index in [0.29, 0.717) is 5.56 Å². The van der Waals surface area contributed by atoms with E-state index >= 15 is 0 Å². The van der Waals surface area contributed by atoms with Gasteiger partial charge in [-0.1, -0.05) is 17.7 Å². The molecular formula is C8H7Cl2FO. The molecule has 0 atom stereocenters. The fraction of sp³-hybridized carbons (Fsp3) is 0.250. The molecule has 0 radical (unpaired) electrons. The number of ether oxygens (including phenoxy) is 1. The van der Waals surface area contributed by atoms with Crippen LogP contribution in [0.3, 0.4) is 0 Å². The molecule has 0 saturated heterocycles. The van der Waals surface area contributed by atoms with Crippen molar-refractivity contribution in [3.05, 3.63) is 28.5 Å². The molecule has 0 bridgehead atoms. The van der Waals surface area contributed by atoms with E-state index in [9.17, 15) is 4.39 Å². The van der Waals surface area contributed by atoms with Gasteiger partial charge in [-0.2, -0.15) is 0 Å². The largest absolute Gasteiger partial charge is 0.492 e. The van der Waals surface area contributed by atoms with Crippen molar-refractivity contribution in [1.29, 1.82) is 0 Å². The maximum Gasteiger partial charge on any atom is 0.173 e. The van der Waals surface area contributed by atoms with Crippen LogP contribution in [-0.2, 0) is 5.88 Å². The van der Waals surface area contributed by atoms with E-state index in [1.54, 1.807) is 0 Å². The summed E-state index contributed by atoms with van der Waals surface area (Å²) in [5.74, 6) is -0.179. The molecule has 0 heterocycles. The van der Waals surface area contributed by atoms with Crippen molar-refractivity contribution in [3.63, 3.8) is 0 Å². The molecule has 0 aromatic heterocycles. The minimum Gasteiger partial charge on any atom is -0.492 e. The lowest BCUT2D eigenvalue weighted by Gasteiger charge is -2.06. The van der Waals surface area contributed by atoms with Crippen LogP contribution in [0.1, 0.15) is 5.56 Å². The SMILES string of the molecule is COc1c(F)ccc(CCl)c1Cl. The van der Waals surface area contributed by atoms with Gasteiger partial charge in [-0.25, -0.2) is 4.39 Å². The molecule has 0 amide bonds. The summed E-state index contributed by atoms with van der Waals surface area (Å²) in [6, 6.07) is 2.82. The molecule has 1 aromatic carbocycles. The summed E-state index contributed by atoms with van der Waals surface area (Å²) >= 11 is 11.3. The lowest BCUT2D eigenvalue weighted by Crippen LogP contribution is -1.92. The quantitative estimate of drug-likeness (QED) is 0.679. The lowest BCUT2D eigenvalue weighted by atomic mass is 10.2. The standard InChI is InChI=1S/C8H7Cl2FO/c1-12-8-6(11)3-2-5(4-9)7(8)10/h2-3H,4H2,1H3. The molecule has 4 heteroatoms. The molecule has 0 aliphatic rings. The van der Waals surface area contributed by atoms with Crippen LogP contribution in [0.5, 0.6) is 5.75 Å². The summed E-state index contributed by atoms with van der Waals surface area (Å²) in [6.45, 7) is 0. The van der Waals surface area contributed by atoms with Crippen LogP contribution in [0.25, 0.3) is 0 Å². The fourth-order valence-corrected chi connectivity index (χ4v) is 1.45. The third-order valence-corrected chi connectivity index (χ3v) is 2.18. The predicted molar refractivity (Wildman–Crippen MR) is 47.5 cm³/mol. The zero-order chi connectivity index (χ0) is 9.14. The Morgan fingerprint density at radius 1 is 1.50 bits per heavy atom. The number of methoxy groups -OCH3 is 1. The Labute approximate surface area is 80.0 Å². The summed E-state index contributed by atoms with van der Waals surface area (Å²) in [7, 11) is 1.36. The summed E-state index contributed by atoms with van der Waals surface area (Å²) in [5.41, 5.74) is 0.664. The highest BCUT2D eigenvalue weighted by Crippen LogP contribution is 2.31. The maximum atomic E-state index is 12.9. The van der Waals surface area contributed by atoms with Crippen LogP contribution in [0.2, 0.25) is 5.02 Å². The highest BCUT2D eigenvalue weighted by molar-refractivity contribution is 6.33. The van der Waals surface area contributed by atoms with Gasteiger partial charge in [0.25, 0.3) is 0 Å². The van der Waals surface area contributed by atoms with Gasteiger partial charge in [-0.05, 0) is 11.6 Å². The number of alkyl halides is 1. The monoisotopic (exact) mass is 208 g/mol. The molecule has 0 N–H and O–H groups in total. The van der Waals surface area contributed by atoms with Crippen molar-refractivity contribution < 1.29 is 9.13 Å². The minimum atomic E-state index is -0.476. The average molecular weight is 209 g/mol. The highest BCUT2D eigenvalue weighted by atomic mass is 35.5. The minimum absolute atomic E-state index is 0.0508. The van der Waals surface area contributed by atoms with Crippen LogP contribution in [0.4, 0.5) is 4.39 Å². The average Bonchev–Trinajstić information content (AvgIpc) is 2.06. The second-order valence-corrected chi connectivity index (χ2v) is 2.83. The van der Waals surface area contributed by atoms with Gasteiger partial charge in [0, 0.05) is 5.88 Å². The number of rotatable bonds is 2. The first-order valence-corrected chi connectivity index (χ1v) is 4.18. The van der Waals surface area contributed by atoms with Gasteiger partial charge in [0.15, 0.2) is 11.6 Å². The lowest BCUT2D eigenvalue weighted by molar-refractivity contribution is 0.386. The van der Waals surface area contributed by atoms with E-state index < -0.39 is 5.82 Å². The molecule has 0 aliphatic heterocycles. The van der Waals surface area contributed by atoms with Crippen molar-refractivity contribution in [3.8, 4) is 5.75 Å². The van der Waals surface area contributed by atoms with Crippen LogP contribution in [0, 0.1) is 5.82 Å². The summed E-state index contributed by atoms with van der Waals surface area (Å²) in [5, 5.41) is 0.243. The van der Waals surface area contributed by atoms with Crippen molar-refractivity contribution in [2.45, 2.75) is 5.88 Å². The third-order valence-electron chi connectivity index (χ3n) is 1.48. The number of benzene rings is 1. The van der Waals surface area contributed by atoms with Crippen molar-refractivity contribution in [2.75, 3.05) is 7.11 Å². The molecule has 0 unspecified atom stereocenters. The van der Waals surface area contributed by atoms with Gasteiger partial charge in [-0.15, -0.1) is 11.6 Å². The van der Waals surface area contributed by atoms with Gasteiger partial charge < -0.3 is 4.74 Å². The number of halogens is 3. The molecule has 0 fully saturated rings. The Hall–Kier alpha value is -0.470. The summed E-state index contributed by atoms with van der Waals surface area (Å²) < 4.78 is 17.7. The zero-order valence-electron chi connectivity index (χ0n) is 6.40. The van der Waals surface area contributed by atoms with Gasteiger partial charge in [0.05, 0.1) is 12.1 Å². The Morgan fingerprint density at radius 2 is 2.17 bits per heavy atom. The van der Waals surface area contributed by atoms with E-state index in [4.69, 9.17) is 27.9 Å². The Balaban J connectivity index is 3.24. The fourth-order valence-electron chi connectivity index (χ4n) is 0.864. The first-order chi connectivity index (χ1) is 5.70. The summed E-state index contributed by atoms with van der Waals surface area (Å²) in [6.07, 6.45) is 0. The molecule has 0 saturated carbocycles. The van der Waals surface area contributed by atoms with Crippen LogP contribution in [-0.4, -0.2) is 7.11 Å². The molecule has 1 nitrogen and oxygen atoms in total. The van der Waals surface area contributed by atoms with E-state index in [1.165, 1.54) is 19.2 Å². The van der Waals surface area contributed by atoms with Gasteiger partial charge in [-0.3, -0.25) is 0 Å².